The van der Waals surface area contributed by atoms with Gasteiger partial charge in [-0.25, -0.2) is 0 Å². The fourth-order valence-corrected chi connectivity index (χ4v) is 3.04. The van der Waals surface area contributed by atoms with Crippen molar-refractivity contribution in [2.45, 2.75) is 6.92 Å². The molecule has 108 valence electrons. The van der Waals surface area contributed by atoms with Crippen molar-refractivity contribution in [3.05, 3.63) is 60.2 Å². The Morgan fingerprint density at radius 3 is 2.68 bits per heavy atom. The molecule has 0 amide bonds. The van der Waals surface area contributed by atoms with Crippen molar-refractivity contribution in [1.82, 2.24) is 19.8 Å². The normalized spacial score (nSPS) is 11.0. The Labute approximate surface area is 131 Å². The van der Waals surface area contributed by atoms with Gasteiger partial charge in [-0.05, 0) is 24.6 Å². The highest BCUT2D eigenvalue weighted by Gasteiger charge is 2.13. The van der Waals surface area contributed by atoms with Crippen LogP contribution < -0.4 is 5.32 Å². The zero-order valence-corrected chi connectivity index (χ0v) is 12.7. The quantitative estimate of drug-likeness (QED) is 0.623. The van der Waals surface area contributed by atoms with Crippen LogP contribution in [0.4, 0.5) is 10.8 Å². The Hall–Kier alpha value is -2.73. The van der Waals surface area contributed by atoms with Crippen LogP contribution >= 0.6 is 11.3 Å². The number of rotatable bonds is 3. The molecule has 0 aliphatic heterocycles. The van der Waals surface area contributed by atoms with Gasteiger partial charge in [0.25, 0.3) is 0 Å². The van der Waals surface area contributed by atoms with E-state index in [1.165, 1.54) is 16.9 Å². The molecule has 2 aromatic heterocycles. The van der Waals surface area contributed by atoms with E-state index in [2.05, 4.69) is 39.7 Å². The molecule has 0 atom stereocenters. The molecule has 2 aromatic carbocycles. The standard InChI is InChI=1S/C16H13N5S/c1-11-6-5-9-13(10-11)17-15-20-21-14(18-19-16(21)22-15)12-7-3-2-4-8-12/h2-10H,1H3,(H,17,20). The number of hydrogen-bond acceptors (Lipinski definition) is 5. The summed E-state index contributed by atoms with van der Waals surface area (Å²) in [4.78, 5) is 0.772. The molecule has 0 spiro atoms. The summed E-state index contributed by atoms with van der Waals surface area (Å²) in [6, 6.07) is 18.1. The van der Waals surface area contributed by atoms with Gasteiger partial charge in [-0.3, -0.25) is 0 Å². The summed E-state index contributed by atoms with van der Waals surface area (Å²) in [7, 11) is 0. The number of fused-ring (bicyclic) bond motifs is 1. The van der Waals surface area contributed by atoms with Gasteiger partial charge in [0.2, 0.25) is 10.1 Å². The maximum Gasteiger partial charge on any atom is 0.236 e. The van der Waals surface area contributed by atoms with Crippen LogP contribution in [0.15, 0.2) is 54.6 Å². The lowest BCUT2D eigenvalue weighted by molar-refractivity contribution is 0.970. The van der Waals surface area contributed by atoms with Crippen LogP contribution in [0, 0.1) is 6.92 Å². The third-order valence-electron chi connectivity index (χ3n) is 3.29. The average molecular weight is 307 g/mol. The van der Waals surface area contributed by atoms with Crippen molar-refractivity contribution >= 4 is 27.1 Å². The molecular formula is C16H13N5S. The predicted molar refractivity (Wildman–Crippen MR) is 88.6 cm³/mol. The number of nitrogens with one attached hydrogen (secondary N) is 1. The van der Waals surface area contributed by atoms with Crippen molar-refractivity contribution < 1.29 is 0 Å². The fourth-order valence-electron chi connectivity index (χ4n) is 2.28. The SMILES string of the molecule is Cc1cccc(Nc2nn3c(-c4ccccc4)nnc3s2)c1. The molecule has 0 unspecified atom stereocenters. The van der Waals surface area contributed by atoms with E-state index in [-0.39, 0.29) is 0 Å². The largest absolute Gasteiger partial charge is 0.330 e. The van der Waals surface area contributed by atoms with Crippen LogP contribution in [0.3, 0.4) is 0 Å². The van der Waals surface area contributed by atoms with Crippen molar-refractivity contribution in [1.29, 1.82) is 0 Å². The molecule has 0 radical (unpaired) electrons. The first kappa shape index (κ1) is 13.0. The number of nitrogens with zero attached hydrogens (tertiary/aromatic N) is 4. The first-order chi connectivity index (χ1) is 10.8. The van der Waals surface area contributed by atoms with E-state index in [9.17, 15) is 0 Å². The summed E-state index contributed by atoms with van der Waals surface area (Å²) < 4.78 is 1.78. The highest BCUT2D eigenvalue weighted by atomic mass is 32.1. The van der Waals surface area contributed by atoms with E-state index in [1.54, 1.807) is 4.52 Å². The lowest BCUT2D eigenvalue weighted by Crippen LogP contribution is -1.94. The number of hydrogen-bond donors (Lipinski definition) is 1. The lowest BCUT2D eigenvalue weighted by Gasteiger charge is -2.02. The predicted octanol–water partition coefficient (Wildman–Crippen LogP) is 3.90. The molecule has 2 heterocycles. The van der Waals surface area contributed by atoms with E-state index < -0.39 is 0 Å². The third-order valence-corrected chi connectivity index (χ3v) is 4.11. The lowest BCUT2D eigenvalue weighted by atomic mass is 10.2. The second-order valence-electron chi connectivity index (χ2n) is 4.99. The maximum absolute atomic E-state index is 4.57. The van der Waals surface area contributed by atoms with Gasteiger partial charge in [0, 0.05) is 11.3 Å². The van der Waals surface area contributed by atoms with E-state index in [1.807, 2.05) is 42.5 Å². The highest BCUT2D eigenvalue weighted by molar-refractivity contribution is 7.20. The molecule has 0 fully saturated rings. The molecule has 0 bridgehead atoms. The molecule has 4 aromatic rings. The van der Waals surface area contributed by atoms with Crippen LogP contribution in [-0.4, -0.2) is 19.8 Å². The fraction of sp³-hybridized carbons (Fsp3) is 0.0625. The highest BCUT2D eigenvalue weighted by Crippen LogP contribution is 2.26. The minimum absolute atomic E-state index is 0.754. The maximum atomic E-state index is 4.57. The first-order valence-electron chi connectivity index (χ1n) is 6.91. The number of benzene rings is 2. The molecule has 22 heavy (non-hydrogen) atoms. The van der Waals surface area contributed by atoms with Crippen molar-refractivity contribution in [3.63, 3.8) is 0 Å². The minimum Gasteiger partial charge on any atom is -0.330 e. The van der Waals surface area contributed by atoms with E-state index in [0.29, 0.717) is 0 Å². The van der Waals surface area contributed by atoms with E-state index in [0.717, 1.165) is 27.2 Å². The molecule has 0 saturated carbocycles. The van der Waals surface area contributed by atoms with Crippen molar-refractivity contribution in [2.24, 2.45) is 0 Å². The van der Waals surface area contributed by atoms with Gasteiger partial charge in [0.05, 0.1) is 0 Å². The molecule has 5 nitrogen and oxygen atoms in total. The third kappa shape index (κ3) is 2.33. The number of anilines is 2. The summed E-state index contributed by atoms with van der Waals surface area (Å²) in [6.07, 6.45) is 0. The van der Waals surface area contributed by atoms with Gasteiger partial charge in [0.15, 0.2) is 5.82 Å². The zero-order valence-electron chi connectivity index (χ0n) is 11.9. The molecule has 0 aliphatic carbocycles. The minimum atomic E-state index is 0.754. The van der Waals surface area contributed by atoms with Crippen LogP contribution in [-0.2, 0) is 0 Å². The van der Waals surface area contributed by atoms with Gasteiger partial charge in [-0.15, -0.1) is 15.3 Å². The summed E-state index contributed by atoms with van der Waals surface area (Å²) in [5.41, 5.74) is 3.23. The van der Waals surface area contributed by atoms with Crippen LogP contribution in [0.2, 0.25) is 0 Å². The van der Waals surface area contributed by atoms with Crippen LogP contribution in [0.25, 0.3) is 16.3 Å². The second kappa shape index (κ2) is 5.23. The molecule has 0 saturated heterocycles. The van der Waals surface area contributed by atoms with Crippen molar-refractivity contribution in [3.8, 4) is 11.4 Å². The Morgan fingerprint density at radius 1 is 1.00 bits per heavy atom. The van der Waals surface area contributed by atoms with Gasteiger partial charge in [-0.1, -0.05) is 53.8 Å². The Bertz CT molecular complexity index is 926. The number of aryl methyl sites for hydroxylation is 1. The average Bonchev–Trinajstić information content (AvgIpc) is 3.08. The van der Waals surface area contributed by atoms with E-state index >= 15 is 0 Å². The Morgan fingerprint density at radius 2 is 1.86 bits per heavy atom. The summed E-state index contributed by atoms with van der Waals surface area (Å²) >= 11 is 1.48. The smallest absolute Gasteiger partial charge is 0.236 e. The summed E-state index contributed by atoms with van der Waals surface area (Å²) in [5, 5.41) is 17.1. The topological polar surface area (TPSA) is 55.1 Å². The Balaban J connectivity index is 1.71. The van der Waals surface area contributed by atoms with Crippen molar-refractivity contribution in [2.75, 3.05) is 5.32 Å². The molecular weight excluding hydrogens is 294 g/mol. The van der Waals surface area contributed by atoms with Gasteiger partial charge < -0.3 is 5.32 Å². The van der Waals surface area contributed by atoms with Gasteiger partial charge in [0.1, 0.15) is 0 Å². The van der Waals surface area contributed by atoms with Crippen LogP contribution in [0.5, 0.6) is 0 Å². The molecule has 6 heteroatoms. The molecule has 1 N–H and O–H groups in total. The van der Waals surface area contributed by atoms with Gasteiger partial charge in [-0.2, -0.15) is 4.52 Å². The monoisotopic (exact) mass is 307 g/mol. The first-order valence-corrected chi connectivity index (χ1v) is 7.72. The second-order valence-corrected chi connectivity index (χ2v) is 5.94. The van der Waals surface area contributed by atoms with E-state index in [4.69, 9.17) is 0 Å². The molecule has 0 aliphatic rings. The summed E-state index contributed by atoms with van der Waals surface area (Å²) in [5.74, 6) is 0.754. The Kier molecular flexibility index (Phi) is 3.08. The molecule has 4 rings (SSSR count). The van der Waals surface area contributed by atoms with Crippen LogP contribution in [0.1, 0.15) is 5.56 Å². The number of aromatic nitrogens is 4. The zero-order chi connectivity index (χ0) is 14.9. The van der Waals surface area contributed by atoms with Gasteiger partial charge >= 0.3 is 0 Å². The summed E-state index contributed by atoms with van der Waals surface area (Å²) in [6.45, 7) is 2.07.